The maximum atomic E-state index is 11.7. The monoisotopic (exact) mass is 313 g/mol. The van der Waals surface area contributed by atoms with Gasteiger partial charge in [0.1, 0.15) is 0 Å². The molecule has 1 aromatic heterocycles. The summed E-state index contributed by atoms with van der Waals surface area (Å²) in [7, 11) is 4.00. The average Bonchev–Trinajstić information content (AvgIpc) is 3.00. The van der Waals surface area contributed by atoms with E-state index >= 15 is 0 Å². The van der Waals surface area contributed by atoms with Crippen molar-refractivity contribution >= 4 is 5.91 Å². The van der Waals surface area contributed by atoms with Crippen LogP contribution in [0.1, 0.15) is 25.1 Å². The Hall–Kier alpha value is -2.47. The van der Waals surface area contributed by atoms with E-state index in [9.17, 15) is 4.79 Å². The number of hydrogen-bond acceptors (Lipinski definition) is 4. The molecule has 1 heterocycles. The number of rotatable bonds is 6. The van der Waals surface area contributed by atoms with Crippen LogP contribution in [0.5, 0.6) is 0 Å². The Kier molecular flexibility index (Phi) is 5.65. The predicted molar refractivity (Wildman–Crippen MR) is 90.0 cm³/mol. The average molecular weight is 313 g/mol. The Morgan fingerprint density at radius 3 is 2.61 bits per heavy atom. The van der Waals surface area contributed by atoms with E-state index < -0.39 is 0 Å². The van der Waals surface area contributed by atoms with Crippen molar-refractivity contribution in [1.82, 2.24) is 25.2 Å². The van der Waals surface area contributed by atoms with Crippen LogP contribution >= 0.6 is 0 Å². The second kappa shape index (κ2) is 7.69. The van der Waals surface area contributed by atoms with Crippen LogP contribution in [0.25, 0.3) is 5.69 Å². The minimum Gasteiger partial charge on any atom is -0.348 e. The van der Waals surface area contributed by atoms with Gasteiger partial charge in [-0.25, -0.2) is 4.68 Å². The van der Waals surface area contributed by atoms with Crippen LogP contribution in [-0.4, -0.2) is 39.9 Å². The topological polar surface area (TPSA) is 63.1 Å². The molecule has 6 nitrogen and oxygen atoms in total. The number of amides is 1. The van der Waals surface area contributed by atoms with Crippen LogP contribution in [0, 0.1) is 0 Å². The number of hydrogen-bond donors (Lipinski definition) is 1. The lowest BCUT2D eigenvalue weighted by molar-refractivity contribution is -0.117. The highest BCUT2D eigenvalue weighted by atomic mass is 16.1. The van der Waals surface area contributed by atoms with Gasteiger partial charge in [0.15, 0.2) is 0 Å². The molecule has 0 fully saturated rings. The van der Waals surface area contributed by atoms with Gasteiger partial charge in [0.2, 0.25) is 5.91 Å². The Bertz CT molecular complexity index is 685. The molecule has 122 valence electrons. The van der Waals surface area contributed by atoms with Crippen molar-refractivity contribution in [3.8, 4) is 5.69 Å². The van der Waals surface area contributed by atoms with Gasteiger partial charge < -0.3 is 10.2 Å². The minimum absolute atomic E-state index is 0.0406. The fourth-order valence-electron chi connectivity index (χ4n) is 2.04. The first-order chi connectivity index (χ1) is 11.0. The second-order valence-electron chi connectivity index (χ2n) is 5.71. The fourth-order valence-corrected chi connectivity index (χ4v) is 2.04. The Morgan fingerprint density at radius 2 is 2.00 bits per heavy atom. The summed E-state index contributed by atoms with van der Waals surface area (Å²) in [5.74, 6) is -0.0406. The van der Waals surface area contributed by atoms with Crippen molar-refractivity contribution in [2.24, 2.45) is 0 Å². The van der Waals surface area contributed by atoms with Gasteiger partial charge >= 0.3 is 0 Å². The Labute approximate surface area is 136 Å². The summed E-state index contributed by atoms with van der Waals surface area (Å²) in [6, 6.07) is 7.90. The highest BCUT2D eigenvalue weighted by Gasteiger charge is 2.05. The van der Waals surface area contributed by atoms with Crippen LogP contribution in [0.4, 0.5) is 0 Å². The van der Waals surface area contributed by atoms with E-state index in [1.54, 1.807) is 17.7 Å². The number of nitrogens with one attached hydrogen (secondary N) is 1. The zero-order valence-corrected chi connectivity index (χ0v) is 14.1. The molecule has 0 saturated carbocycles. The van der Waals surface area contributed by atoms with Gasteiger partial charge in [-0.05, 0) is 45.6 Å². The molecule has 0 aliphatic carbocycles. The summed E-state index contributed by atoms with van der Waals surface area (Å²) < 4.78 is 1.76. The normalized spacial score (nSPS) is 11.8. The van der Waals surface area contributed by atoms with Gasteiger partial charge in [-0.3, -0.25) is 4.79 Å². The van der Waals surface area contributed by atoms with E-state index in [2.05, 4.69) is 15.6 Å². The zero-order chi connectivity index (χ0) is 16.8. The first-order valence-corrected chi connectivity index (χ1v) is 7.56. The van der Waals surface area contributed by atoms with Crippen LogP contribution < -0.4 is 5.32 Å². The smallest absolute Gasteiger partial charge is 0.246 e. The number of carbonyl (C=O) groups is 1. The zero-order valence-electron chi connectivity index (χ0n) is 14.1. The highest BCUT2D eigenvalue weighted by molar-refractivity contribution is 5.92. The van der Waals surface area contributed by atoms with E-state index in [1.165, 1.54) is 0 Å². The van der Waals surface area contributed by atoms with Crippen molar-refractivity contribution in [3.05, 3.63) is 53.4 Å². The lowest BCUT2D eigenvalue weighted by atomic mass is 10.2. The summed E-state index contributed by atoms with van der Waals surface area (Å²) in [5.41, 5.74) is 3.63. The third kappa shape index (κ3) is 4.75. The van der Waals surface area contributed by atoms with Crippen LogP contribution in [0.3, 0.4) is 0 Å². The van der Waals surface area contributed by atoms with Gasteiger partial charge in [0.05, 0.1) is 17.6 Å². The molecule has 2 rings (SSSR count). The number of allylic oxidation sites excluding steroid dienone is 1. The number of nitrogens with zero attached hydrogens (tertiary/aromatic N) is 4. The molecular weight excluding hydrogens is 290 g/mol. The number of benzene rings is 1. The van der Waals surface area contributed by atoms with Crippen LogP contribution in [0.2, 0.25) is 0 Å². The summed E-state index contributed by atoms with van der Waals surface area (Å²) in [6.45, 7) is 4.92. The molecule has 1 N–H and O–H groups in total. The molecule has 0 radical (unpaired) electrons. The summed E-state index contributed by atoms with van der Waals surface area (Å²) in [4.78, 5) is 13.8. The largest absolute Gasteiger partial charge is 0.348 e. The first kappa shape index (κ1) is 16.9. The standard InChI is InChI=1S/C17H23N5O/c1-5-13(2)17(23)18-10-14-6-8-16(9-7-14)22-12-15(19-20-22)11-21(3)4/h5-9,12H,10-11H2,1-4H3,(H,18,23)/b13-5+. The van der Waals surface area contributed by atoms with E-state index in [0.29, 0.717) is 6.54 Å². The molecule has 0 aliphatic heterocycles. The lowest BCUT2D eigenvalue weighted by Crippen LogP contribution is -2.23. The van der Waals surface area contributed by atoms with Gasteiger partial charge in [-0.1, -0.05) is 23.4 Å². The second-order valence-corrected chi connectivity index (χ2v) is 5.71. The Balaban J connectivity index is 1.99. The first-order valence-electron chi connectivity index (χ1n) is 7.56. The third-order valence-electron chi connectivity index (χ3n) is 3.46. The maximum Gasteiger partial charge on any atom is 0.246 e. The Morgan fingerprint density at radius 1 is 1.30 bits per heavy atom. The molecule has 0 atom stereocenters. The maximum absolute atomic E-state index is 11.7. The molecule has 0 bridgehead atoms. The summed E-state index contributed by atoms with van der Waals surface area (Å²) >= 11 is 0. The SMILES string of the molecule is C/C=C(\C)C(=O)NCc1ccc(-n2cc(CN(C)C)nn2)cc1. The molecule has 1 aromatic carbocycles. The minimum atomic E-state index is -0.0406. The van der Waals surface area contributed by atoms with Gasteiger partial charge in [0.25, 0.3) is 0 Å². The molecular formula is C17H23N5O. The number of carbonyl (C=O) groups excluding carboxylic acids is 1. The molecule has 0 saturated heterocycles. The van der Waals surface area contributed by atoms with Crippen molar-refractivity contribution in [3.63, 3.8) is 0 Å². The van der Waals surface area contributed by atoms with Crippen molar-refractivity contribution in [2.75, 3.05) is 14.1 Å². The van der Waals surface area contributed by atoms with Gasteiger partial charge in [-0.15, -0.1) is 5.10 Å². The van der Waals surface area contributed by atoms with E-state index in [4.69, 9.17) is 0 Å². The molecule has 0 unspecified atom stereocenters. The molecule has 1 amide bonds. The van der Waals surface area contributed by atoms with E-state index in [-0.39, 0.29) is 5.91 Å². The predicted octanol–water partition coefficient (Wildman–Crippen LogP) is 1.91. The number of aromatic nitrogens is 3. The van der Waals surface area contributed by atoms with E-state index in [0.717, 1.165) is 29.1 Å². The van der Waals surface area contributed by atoms with Crippen molar-refractivity contribution < 1.29 is 4.79 Å². The lowest BCUT2D eigenvalue weighted by Gasteiger charge is -2.07. The summed E-state index contributed by atoms with van der Waals surface area (Å²) in [5, 5.41) is 11.2. The molecule has 2 aromatic rings. The van der Waals surface area contributed by atoms with Crippen LogP contribution in [0.15, 0.2) is 42.1 Å². The molecule has 23 heavy (non-hydrogen) atoms. The molecule has 0 spiro atoms. The highest BCUT2D eigenvalue weighted by Crippen LogP contribution is 2.10. The molecule has 6 heteroatoms. The van der Waals surface area contributed by atoms with E-state index in [1.807, 2.05) is 56.4 Å². The summed E-state index contributed by atoms with van der Waals surface area (Å²) in [6.07, 6.45) is 3.72. The van der Waals surface area contributed by atoms with Gasteiger partial charge in [-0.2, -0.15) is 0 Å². The van der Waals surface area contributed by atoms with Gasteiger partial charge in [0, 0.05) is 18.7 Å². The third-order valence-corrected chi connectivity index (χ3v) is 3.46. The fraction of sp³-hybridized carbons (Fsp3) is 0.353. The van der Waals surface area contributed by atoms with Crippen molar-refractivity contribution in [2.45, 2.75) is 26.9 Å². The van der Waals surface area contributed by atoms with Crippen molar-refractivity contribution in [1.29, 1.82) is 0 Å². The molecule has 0 aliphatic rings. The van der Waals surface area contributed by atoms with Crippen LogP contribution in [-0.2, 0) is 17.9 Å². The quantitative estimate of drug-likeness (QED) is 0.828.